The number of carbonyl (C=O) groups is 1. The average molecular weight is 383 g/mol. The van der Waals surface area contributed by atoms with E-state index in [0.717, 1.165) is 35.8 Å². The Balaban J connectivity index is 1.76. The predicted octanol–water partition coefficient (Wildman–Crippen LogP) is 4.18. The third-order valence-electron chi connectivity index (χ3n) is 4.82. The van der Waals surface area contributed by atoms with Crippen molar-refractivity contribution < 1.29 is 4.79 Å². The monoisotopic (exact) mass is 382 g/mol. The highest BCUT2D eigenvalue weighted by Gasteiger charge is 2.25. The van der Waals surface area contributed by atoms with E-state index in [1.165, 1.54) is 29.9 Å². The number of aromatic nitrogens is 1. The van der Waals surface area contributed by atoms with Crippen LogP contribution in [0.25, 0.3) is 11.3 Å². The van der Waals surface area contributed by atoms with Crippen molar-refractivity contribution in [3.05, 3.63) is 34.7 Å². The lowest BCUT2D eigenvalue weighted by atomic mass is 9.96. The number of thiazole rings is 1. The van der Waals surface area contributed by atoms with Gasteiger partial charge in [-0.2, -0.15) is 5.26 Å². The van der Waals surface area contributed by atoms with Crippen molar-refractivity contribution in [2.75, 3.05) is 24.5 Å². The van der Waals surface area contributed by atoms with Crippen molar-refractivity contribution in [2.45, 2.75) is 39.0 Å². The molecule has 27 heavy (non-hydrogen) atoms. The third kappa shape index (κ3) is 4.86. The highest BCUT2D eigenvalue weighted by molar-refractivity contribution is 7.10. The fourth-order valence-electron chi connectivity index (χ4n) is 3.44. The van der Waals surface area contributed by atoms with Gasteiger partial charge in [-0.3, -0.25) is 4.79 Å². The van der Waals surface area contributed by atoms with E-state index in [1.54, 1.807) is 0 Å². The number of nitrogens with zero attached hydrogens (tertiary/aromatic N) is 3. The van der Waals surface area contributed by atoms with Crippen molar-refractivity contribution in [1.29, 1.82) is 5.26 Å². The molecule has 3 rings (SSSR count). The van der Waals surface area contributed by atoms with E-state index < -0.39 is 0 Å². The summed E-state index contributed by atoms with van der Waals surface area (Å²) in [5.41, 5.74) is 3.24. The number of benzene rings is 1. The summed E-state index contributed by atoms with van der Waals surface area (Å²) in [6.07, 6.45) is 3.25. The van der Waals surface area contributed by atoms with Crippen LogP contribution in [0, 0.1) is 17.2 Å². The minimum Gasteiger partial charge on any atom is -0.372 e. The summed E-state index contributed by atoms with van der Waals surface area (Å²) in [4.78, 5) is 19.6. The number of nitrogens with one attached hydrogen (secondary N) is 1. The molecule has 1 saturated heterocycles. The Morgan fingerprint density at radius 1 is 1.30 bits per heavy atom. The van der Waals surface area contributed by atoms with Gasteiger partial charge in [0, 0.05) is 29.7 Å². The first-order valence-electron chi connectivity index (χ1n) is 9.54. The van der Waals surface area contributed by atoms with E-state index in [9.17, 15) is 4.79 Å². The van der Waals surface area contributed by atoms with Gasteiger partial charge >= 0.3 is 0 Å². The molecule has 1 aromatic carbocycles. The van der Waals surface area contributed by atoms with E-state index >= 15 is 0 Å². The highest BCUT2D eigenvalue weighted by atomic mass is 32.1. The molecule has 0 saturated carbocycles. The Morgan fingerprint density at radius 2 is 2.00 bits per heavy atom. The van der Waals surface area contributed by atoms with Crippen LogP contribution in [0.3, 0.4) is 0 Å². The molecule has 1 aliphatic rings. The third-order valence-corrected chi connectivity index (χ3v) is 5.78. The van der Waals surface area contributed by atoms with Gasteiger partial charge in [-0.05, 0) is 37.3 Å². The van der Waals surface area contributed by atoms with Crippen molar-refractivity contribution in [1.82, 2.24) is 10.3 Å². The summed E-state index contributed by atoms with van der Waals surface area (Å²) in [5.74, 6) is -0.0496. The quantitative estimate of drug-likeness (QED) is 0.730. The van der Waals surface area contributed by atoms with Gasteiger partial charge in [-0.1, -0.05) is 26.0 Å². The highest BCUT2D eigenvalue weighted by Crippen LogP contribution is 2.31. The van der Waals surface area contributed by atoms with Gasteiger partial charge < -0.3 is 10.2 Å². The van der Waals surface area contributed by atoms with Crippen LogP contribution in [0.15, 0.2) is 29.6 Å². The molecule has 1 aromatic heterocycles. The molecule has 6 heteroatoms. The summed E-state index contributed by atoms with van der Waals surface area (Å²) >= 11 is 1.52. The molecular formula is C21H26N4OS. The molecule has 2 heterocycles. The maximum absolute atomic E-state index is 12.5. The first-order valence-corrected chi connectivity index (χ1v) is 10.4. The van der Waals surface area contributed by atoms with Gasteiger partial charge in [0.2, 0.25) is 5.91 Å². The smallest absolute Gasteiger partial charge is 0.230 e. The second kappa shape index (κ2) is 9.01. The van der Waals surface area contributed by atoms with Crippen LogP contribution in [0.1, 0.15) is 44.0 Å². The molecule has 1 N–H and O–H groups in total. The number of amides is 1. The molecule has 1 fully saturated rings. The molecule has 5 nitrogen and oxygen atoms in total. The summed E-state index contributed by atoms with van der Waals surface area (Å²) in [6, 6.07) is 10.5. The van der Waals surface area contributed by atoms with Crippen LogP contribution >= 0.6 is 11.3 Å². The van der Waals surface area contributed by atoms with E-state index in [2.05, 4.69) is 48.3 Å². The SMILES string of the molecule is CC(C)CC(C(=O)NCC#N)c1nc(-c2ccc(N3CCCC3)cc2)cs1. The minimum absolute atomic E-state index is 0.0314. The van der Waals surface area contributed by atoms with Gasteiger partial charge in [0.15, 0.2) is 0 Å². The van der Waals surface area contributed by atoms with Crippen LogP contribution in [0.4, 0.5) is 5.69 Å². The normalized spacial score (nSPS) is 15.0. The Morgan fingerprint density at radius 3 is 2.63 bits per heavy atom. The Bertz CT molecular complexity index is 800. The first-order chi connectivity index (χ1) is 13.1. The van der Waals surface area contributed by atoms with E-state index in [0.29, 0.717) is 5.92 Å². The lowest BCUT2D eigenvalue weighted by Crippen LogP contribution is -2.30. The van der Waals surface area contributed by atoms with Gasteiger partial charge in [0.05, 0.1) is 17.7 Å². The van der Waals surface area contributed by atoms with Gasteiger partial charge in [0.25, 0.3) is 0 Å². The minimum atomic E-state index is -0.305. The Kier molecular flexibility index (Phi) is 6.46. The molecule has 142 valence electrons. The van der Waals surface area contributed by atoms with E-state index in [4.69, 9.17) is 10.2 Å². The lowest BCUT2D eigenvalue weighted by Gasteiger charge is -2.17. The average Bonchev–Trinajstić information content (AvgIpc) is 3.36. The zero-order valence-corrected chi connectivity index (χ0v) is 16.8. The summed E-state index contributed by atoms with van der Waals surface area (Å²) in [6.45, 7) is 6.49. The summed E-state index contributed by atoms with van der Waals surface area (Å²) in [7, 11) is 0. The maximum atomic E-state index is 12.5. The Hall–Kier alpha value is -2.39. The summed E-state index contributed by atoms with van der Waals surface area (Å²) in [5, 5.41) is 14.2. The molecular weight excluding hydrogens is 356 g/mol. The van der Waals surface area contributed by atoms with Crippen LogP contribution < -0.4 is 10.2 Å². The molecule has 1 atom stereocenters. The lowest BCUT2D eigenvalue weighted by molar-refractivity contribution is -0.122. The van der Waals surface area contributed by atoms with Crippen molar-refractivity contribution >= 4 is 22.9 Å². The van der Waals surface area contributed by atoms with Crippen molar-refractivity contribution in [3.8, 4) is 17.3 Å². The maximum Gasteiger partial charge on any atom is 0.230 e. The molecule has 0 bridgehead atoms. The van der Waals surface area contributed by atoms with Crippen LogP contribution in [-0.2, 0) is 4.79 Å². The van der Waals surface area contributed by atoms with Crippen molar-refractivity contribution in [3.63, 3.8) is 0 Å². The molecule has 1 aliphatic heterocycles. The number of hydrogen-bond donors (Lipinski definition) is 1. The molecule has 1 unspecified atom stereocenters. The zero-order valence-electron chi connectivity index (χ0n) is 15.9. The largest absolute Gasteiger partial charge is 0.372 e. The fourth-order valence-corrected chi connectivity index (χ4v) is 4.38. The standard InChI is InChI=1S/C21H26N4OS/c1-15(2)13-18(20(26)23-10-9-22)21-24-19(14-27-21)16-5-7-17(8-6-16)25-11-3-4-12-25/h5-8,14-15,18H,3-4,10-13H2,1-2H3,(H,23,26). The number of carbonyl (C=O) groups excluding carboxylic acids is 1. The topological polar surface area (TPSA) is 69.0 Å². The number of anilines is 1. The van der Waals surface area contributed by atoms with E-state index in [1.807, 2.05) is 11.4 Å². The van der Waals surface area contributed by atoms with E-state index in [-0.39, 0.29) is 18.4 Å². The molecule has 1 amide bonds. The van der Waals surface area contributed by atoms with Crippen LogP contribution in [0.5, 0.6) is 0 Å². The number of nitriles is 1. The molecule has 0 spiro atoms. The van der Waals surface area contributed by atoms with Crippen LogP contribution in [-0.4, -0.2) is 30.5 Å². The van der Waals surface area contributed by atoms with Crippen molar-refractivity contribution in [2.24, 2.45) is 5.92 Å². The molecule has 0 radical (unpaired) electrons. The predicted molar refractivity (Wildman–Crippen MR) is 110 cm³/mol. The van der Waals surface area contributed by atoms with Crippen LogP contribution in [0.2, 0.25) is 0 Å². The van der Waals surface area contributed by atoms with Gasteiger partial charge in [0.1, 0.15) is 11.6 Å². The second-order valence-electron chi connectivity index (χ2n) is 7.37. The molecule has 2 aromatic rings. The first kappa shape index (κ1) is 19.4. The number of rotatable bonds is 7. The second-order valence-corrected chi connectivity index (χ2v) is 8.26. The van der Waals surface area contributed by atoms with Gasteiger partial charge in [-0.15, -0.1) is 11.3 Å². The number of hydrogen-bond acceptors (Lipinski definition) is 5. The zero-order chi connectivity index (χ0) is 19.2. The molecule has 0 aliphatic carbocycles. The van der Waals surface area contributed by atoms with Gasteiger partial charge in [-0.25, -0.2) is 4.98 Å². The fraction of sp³-hybridized carbons (Fsp3) is 0.476. The Labute approximate surface area is 165 Å². The summed E-state index contributed by atoms with van der Waals surface area (Å²) < 4.78 is 0.